The van der Waals surface area contributed by atoms with Crippen LogP contribution in [0.15, 0.2) is 77.4 Å². The summed E-state index contributed by atoms with van der Waals surface area (Å²) in [6.45, 7) is 10.6. The second-order valence-electron chi connectivity index (χ2n) is 9.22. The summed E-state index contributed by atoms with van der Waals surface area (Å²) in [6.07, 6.45) is 1.52. The first-order valence-electron chi connectivity index (χ1n) is 12.8. The number of anilines is 2. The molecule has 1 N–H and O–H groups in total. The first-order valence-corrected chi connectivity index (χ1v) is 13.6. The molecule has 6 nitrogen and oxygen atoms in total. The molecular formula is C30H33N3O3S. The number of nitrogens with zero attached hydrogens (tertiary/aromatic N) is 2. The molecule has 37 heavy (non-hydrogen) atoms. The summed E-state index contributed by atoms with van der Waals surface area (Å²) >= 11 is 1.63. The van der Waals surface area contributed by atoms with Crippen LogP contribution in [0.1, 0.15) is 45.1 Å². The number of hydrogen-bond donors (Lipinski definition) is 1. The molecule has 2 aromatic carbocycles. The van der Waals surface area contributed by atoms with Gasteiger partial charge in [-0.3, -0.25) is 9.69 Å². The van der Waals surface area contributed by atoms with Gasteiger partial charge in [0, 0.05) is 42.3 Å². The zero-order valence-electron chi connectivity index (χ0n) is 21.6. The number of thiophene rings is 1. The average Bonchev–Trinajstić information content (AvgIpc) is 3.56. The second-order valence-corrected chi connectivity index (χ2v) is 10.4. The van der Waals surface area contributed by atoms with Gasteiger partial charge in [0.05, 0.1) is 18.9 Å². The highest BCUT2D eigenvalue weighted by molar-refractivity contribution is 7.16. The third-order valence-corrected chi connectivity index (χ3v) is 8.12. The van der Waals surface area contributed by atoms with Gasteiger partial charge in [0.2, 0.25) is 0 Å². The fourth-order valence-corrected chi connectivity index (χ4v) is 6.08. The molecule has 1 saturated heterocycles. The number of amides is 1. The molecule has 0 aliphatic carbocycles. The molecule has 0 bridgehead atoms. The smallest absolute Gasteiger partial charge is 0.291 e. The Hall–Kier alpha value is -3.55. The van der Waals surface area contributed by atoms with Gasteiger partial charge in [-0.05, 0) is 68.3 Å². The Labute approximate surface area is 222 Å². The largest absolute Gasteiger partial charge is 0.494 e. The van der Waals surface area contributed by atoms with Gasteiger partial charge in [-0.25, -0.2) is 0 Å². The van der Waals surface area contributed by atoms with E-state index in [4.69, 9.17) is 9.15 Å². The summed E-state index contributed by atoms with van der Waals surface area (Å²) in [6, 6.07) is 22.4. The maximum atomic E-state index is 13.0. The number of rotatable bonds is 8. The minimum atomic E-state index is -0.230. The lowest BCUT2D eigenvalue weighted by molar-refractivity contribution is 0.0996. The first kappa shape index (κ1) is 25.1. The van der Waals surface area contributed by atoms with Gasteiger partial charge in [0.1, 0.15) is 10.8 Å². The number of carbonyl (C=O) groups excluding carboxylic acids is 1. The van der Waals surface area contributed by atoms with Crippen molar-refractivity contribution in [3.05, 3.63) is 100 Å². The lowest BCUT2D eigenvalue weighted by Gasteiger charge is -2.41. The summed E-state index contributed by atoms with van der Waals surface area (Å²) in [5.41, 5.74) is 4.81. The Kier molecular flexibility index (Phi) is 7.63. The van der Waals surface area contributed by atoms with E-state index >= 15 is 0 Å². The fourth-order valence-electron chi connectivity index (χ4n) is 4.99. The van der Waals surface area contributed by atoms with Crippen LogP contribution in [0.4, 0.5) is 10.7 Å². The Morgan fingerprint density at radius 3 is 2.38 bits per heavy atom. The molecule has 1 atom stereocenters. The van der Waals surface area contributed by atoms with Gasteiger partial charge in [0.15, 0.2) is 5.76 Å². The average molecular weight is 516 g/mol. The minimum absolute atomic E-state index is 0.00505. The molecule has 192 valence electrons. The zero-order valence-corrected chi connectivity index (χ0v) is 22.4. The lowest BCUT2D eigenvalue weighted by Crippen LogP contribution is -2.48. The van der Waals surface area contributed by atoms with Crippen LogP contribution in [-0.4, -0.2) is 43.6 Å². The van der Waals surface area contributed by atoms with E-state index in [1.54, 1.807) is 23.5 Å². The standard InChI is InChI=1S/C30H33N3O3S/c1-4-35-25-14-12-23(13-15-25)28(33-18-16-32(17-19-33)24-9-6-5-7-10-24)27-21(2)22(3)37-30(27)31-29(34)26-11-8-20-36-26/h5-15,20,28H,4,16-19H2,1-3H3,(H,31,34)/t28-/m1/s1. The van der Waals surface area contributed by atoms with E-state index in [0.717, 1.165) is 42.5 Å². The summed E-state index contributed by atoms with van der Waals surface area (Å²) < 4.78 is 11.1. The van der Waals surface area contributed by atoms with Crippen molar-refractivity contribution < 1.29 is 13.9 Å². The molecule has 5 rings (SSSR count). The number of para-hydroxylation sites is 1. The fraction of sp³-hybridized carbons (Fsp3) is 0.300. The molecule has 1 amide bonds. The van der Waals surface area contributed by atoms with Crippen LogP contribution >= 0.6 is 11.3 Å². The molecule has 2 aromatic heterocycles. The van der Waals surface area contributed by atoms with Crippen molar-refractivity contribution in [2.24, 2.45) is 0 Å². The third kappa shape index (κ3) is 5.43. The van der Waals surface area contributed by atoms with Crippen LogP contribution in [0.3, 0.4) is 0 Å². The molecule has 1 fully saturated rings. The van der Waals surface area contributed by atoms with E-state index in [9.17, 15) is 4.79 Å². The molecule has 3 heterocycles. The highest BCUT2D eigenvalue weighted by Gasteiger charge is 2.32. The first-order chi connectivity index (χ1) is 18.0. The number of piperazine rings is 1. The van der Waals surface area contributed by atoms with Crippen molar-refractivity contribution in [1.82, 2.24) is 4.90 Å². The van der Waals surface area contributed by atoms with Crippen LogP contribution < -0.4 is 15.0 Å². The number of carbonyl (C=O) groups is 1. The maximum Gasteiger partial charge on any atom is 0.291 e. The van der Waals surface area contributed by atoms with Crippen molar-refractivity contribution >= 4 is 27.9 Å². The van der Waals surface area contributed by atoms with Crippen LogP contribution in [0.2, 0.25) is 0 Å². The minimum Gasteiger partial charge on any atom is -0.494 e. The van der Waals surface area contributed by atoms with E-state index in [1.807, 2.05) is 19.1 Å². The van der Waals surface area contributed by atoms with Crippen LogP contribution in [0.5, 0.6) is 5.75 Å². The van der Waals surface area contributed by atoms with Crippen LogP contribution in [-0.2, 0) is 0 Å². The van der Waals surface area contributed by atoms with Crippen molar-refractivity contribution in [2.75, 3.05) is 43.0 Å². The van der Waals surface area contributed by atoms with Crippen LogP contribution in [0, 0.1) is 13.8 Å². The molecule has 1 aliphatic rings. The Morgan fingerprint density at radius 2 is 1.73 bits per heavy atom. The van der Waals surface area contributed by atoms with Gasteiger partial charge < -0.3 is 19.4 Å². The van der Waals surface area contributed by atoms with E-state index in [-0.39, 0.29) is 11.9 Å². The number of furan rings is 1. The number of benzene rings is 2. The van der Waals surface area contributed by atoms with E-state index in [2.05, 4.69) is 71.4 Å². The van der Waals surface area contributed by atoms with Crippen molar-refractivity contribution in [1.29, 1.82) is 0 Å². The SMILES string of the molecule is CCOc1ccc([C@H](c2c(NC(=O)c3ccco3)sc(C)c2C)N2CCN(c3ccccc3)CC2)cc1. The Balaban J connectivity index is 1.49. The maximum absolute atomic E-state index is 13.0. The zero-order chi connectivity index (χ0) is 25.8. The normalized spacial score (nSPS) is 14.9. The third-order valence-electron chi connectivity index (χ3n) is 6.98. The van der Waals surface area contributed by atoms with Crippen LogP contribution in [0.25, 0.3) is 0 Å². The van der Waals surface area contributed by atoms with Crippen molar-refractivity contribution in [3.63, 3.8) is 0 Å². The molecule has 0 spiro atoms. The van der Waals surface area contributed by atoms with E-state index in [1.165, 1.54) is 28.0 Å². The highest BCUT2D eigenvalue weighted by Crippen LogP contribution is 2.43. The highest BCUT2D eigenvalue weighted by atomic mass is 32.1. The number of ether oxygens (including phenoxy) is 1. The predicted octanol–water partition coefficient (Wildman–Crippen LogP) is 6.52. The quantitative estimate of drug-likeness (QED) is 0.289. The number of hydrogen-bond acceptors (Lipinski definition) is 6. The van der Waals surface area contributed by atoms with Gasteiger partial charge in [0.25, 0.3) is 5.91 Å². The molecule has 1 aliphatic heterocycles. The summed E-state index contributed by atoms with van der Waals surface area (Å²) in [5.74, 6) is 0.944. The Morgan fingerprint density at radius 1 is 1.00 bits per heavy atom. The van der Waals surface area contributed by atoms with E-state index in [0.29, 0.717) is 12.4 Å². The molecule has 0 radical (unpaired) electrons. The summed E-state index contributed by atoms with van der Waals surface area (Å²) in [4.78, 5) is 19.1. The molecular weight excluding hydrogens is 482 g/mol. The lowest BCUT2D eigenvalue weighted by atomic mass is 9.94. The number of aryl methyl sites for hydroxylation is 1. The van der Waals surface area contributed by atoms with Gasteiger partial charge in [-0.15, -0.1) is 11.3 Å². The van der Waals surface area contributed by atoms with Crippen molar-refractivity contribution in [2.45, 2.75) is 26.8 Å². The summed E-state index contributed by atoms with van der Waals surface area (Å²) in [7, 11) is 0. The topological polar surface area (TPSA) is 58.0 Å². The second kappa shape index (κ2) is 11.2. The van der Waals surface area contributed by atoms with Crippen molar-refractivity contribution in [3.8, 4) is 5.75 Å². The monoisotopic (exact) mass is 515 g/mol. The molecule has 7 heteroatoms. The molecule has 4 aromatic rings. The van der Waals surface area contributed by atoms with Gasteiger partial charge in [-0.2, -0.15) is 0 Å². The molecule has 0 unspecified atom stereocenters. The predicted molar refractivity (Wildman–Crippen MR) is 150 cm³/mol. The summed E-state index contributed by atoms with van der Waals surface area (Å²) in [5, 5.41) is 4.03. The number of nitrogens with one attached hydrogen (secondary N) is 1. The van der Waals surface area contributed by atoms with Gasteiger partial charge >= 0.3 is 0 Å². The van der Waals surface area contributed by atoms with Gasteiger partial charge in [-0.1, -0.05) is 30.3 Å². The van der Waals surface area contributed by atoms with E-state index < -0.39 is 0 Å². The Bertz CT molecular complexity index is 1310. The molecule has 0 saturated carbocycles.